The summed E-state index contributed by atoms with van der Waals surface area (Å²) >= 11 is 0. The molecule has 0 saturated heterocycles. The number of carbonyl (C=O) groups is 2. The van der Waals surface area contributed by atoms with Crippen molar-refractivity contribution in [3.63, 3.8) is 0 Å². The minimum absolute atomic E-state index is 0.207. The van der Waals surface area contributed by atoms with Gasteiger partial charge in [0.2, 0.25) is 5.75 Å². The first kappa shape index (κ1) is 13.4. The summed E-state index contributed by atoms with van der Waals surface area (Å²) in [6.07, 6.45) is 0. The van der Waals surface area contributed by atoms with Gasteiger partial charge < -0.3 is 14.6 Å². The average Bonchev–Trinajstić information content (AvgIpc) is 2.26. The molecule has 1 aromatic rings. The van der Waals surface area contributed by atoms with Gasteiger partial charge in [-0.15, -0.1) is 0 Å². The number of nitro groups is 1. The first-order chi connectivity index (χ1) is 8.38. The van der Waals surface area contributed by atoms with Crippen molar-refractivity contribution in [1.29, 1.82) is 0 Å². The Bertz CT molecular complexity index is 523. The van der Waals surface area contributed by atoms with E-state index >= 15 is 0 Å². The van der Waals surface area contributed by atoms with Gasteiger partial charge in [0.25, 0.3) is 0 Å². The third kappa shape index (κ3) is 2.54. The van der Waals surface area contributed by atoms with Crippen molar-refractivity contribution in [2.75, 3.05) is 7.11 Å². The predicted octanol–water partition coefficient (Wildman–Crippen LogP) is 1.23. The van der Waals surface area contributed by atoms with Crippen LogP contribution in [0, 0.1) is 10.1 Å². The van der Waals surface area contributed by atoms with E-state index < -0.39 is 33.9 Å². The van der Waals surface area contributed by atoms with Crippen LogP contribution in [0.1, 0.15) is 17.3 Å². The maximum Gasteiger partial charge on any atom is 0.342 e. The lowest BCUT2D eigenvalue weighted by atomic mass is 10.1. The molecule has 0 radical (unpaired) electrons. The number of ether oxygens (including phenoxy) is 2. The van der Waals surface area contributed by atoms with E-state index in [-0.39, 0.29) is 5.75 Å². The molecular formula is C10H9NO7. The molecule has 8 nitrogen and oxygen atoms in total. The van der Waals surface area contributed by atoms with Crippen molar-refractivity contribution in [1.82, 2.24) is 0 Å². The van der Waals surface area contributed by atoms with Crippen LogP contribution in [-0.4, -0.2) is 29.1 Å². The van der Waals surface area contributed by atoms with E-state index in [4.69, 9.17) is 14.6 Å². The molecule has 0 spiro atoms. The fraction of sp³-hybridized carbons (Fsp3) is 0.200. The molecule has 1 aromatic carbocycles. The summed E-state index contributed by atoms with van der Waals surface area (Å²) in [5.41, 5.74) is -1.31. The Labute approximate surface area is 101 Å². The molecule has 8 heteroatoms. The molecule has 18 heavy (non-hydrogen) atoms. The van der Waals surface area contributed by atoms with Gasteiger partial charge in [0.05, 0.1) is 12.0 Å². The summed E-state index contributed by atoms with van der Waals surface area (Å²) in [6, 6.07) is 2.10. The molecule has 0 bridgehead atoms. The number of carbonyl (C=O) groups excluding carboxylic acids is 1. The van der Waals surface area contributed by atoms with Crippen LogP contribution in [0.3, 0.4) is 0 Å². The lowest BCUT2D eigenvalue weighted by Gasteiger charge is -2.09. The summed E-state index contributed by atoms with van der Waals surface area (Å²) in [6.45, 7) is 1.11. The van der Waals surface area contributed by atoms with Crippen molar-refractivity contribution < 1.29 is 29.1 Å². The first-order valence-electron chi connectivity index (χ1n) is 4.65. The van der Waals surface area contributed by atoms with E-state index in [9.17, 15) is 19.7 Å². The lowest BCUT2D eigenvalue weighted by molar-refractivity contribution is -0.386. The lowest BCUT2D eigenvalue weighted by Crippen LogP contribution is -2.08. The maximum atomic E-state index is 10.9. The fourth-order valence-corrected chi connectivity index (χ4v) is 1.34. The number of hydrogen-bond donors (Lipinski definition) is 1. The van der Waals surface area contributed by atoms with Crippen LogP contribution in [-0.2, 0) is 4.79 Å². The van der Waals surface area contributed by atoms with Gasteiger partial charge in [-0.3, -0.25) is 14.9 Å². The molecule has 0 aromatic heterocycles. The largest absolute Gasteiger partial charge is 0.488 e. The molecule has 96 valence electrons. The van der Waals surface area contributed by atoms with E-state index in [0.717, 1.165) is 26.2 Å². The number of carboxylic acid groups (broad SMARTS) is 1. The summed E-state index contributed by atoms with van der Waals surface area (Å²) in [4.78, 5) is 31.6. The second-order valence-electron chi connectivity index (χ2n) is 3.15. The molecule has 0 atom stereocenters. The zero-order valence-corrected chi connectivity index (χ0v) is 9.50. The van der Waals surface area contributed by atoms with Gasteiger partial charge in [-0.1, -0.05) is 0 Å². The molecule has 0 amide bonds. The Morgan fingerprint density at radius 1 is 1.39 bits per heavy atom. The normalized spacial score (nSPS) is 9.67. The van der Waals surface area contributed by atoms with Gasteiger partial charge in [-0.2, -0.15) is 0 Å². The van der Waals surface area contributed by atoms with Crippen LogP contribution in [0.2, 0.25) is 0 Å². The standard InChI is InChI=1S/C10H9NO7/c1-5(12)18-7-4-3-6(10(13)14)8(11(15)16)9(7)17-2/h3-4H,1-2H3,(H,13,14). The van der Waals surface area contributed by atoms with Crippen molar-refractivity contribution >= 4 is 17.6 Å². The molecule has 1 rings (SSSR count). The maximum absolute atomic E-state index is 10.9. The third-order valence-corrected chi connectivity index (χ3v) is 1.97. The quantitative estimate of drug-likeness (QED) is 0.372. The van der Waals surface area contributed by atoms with E-state index in [1.807, 2.05) is 0 Å². The van der Waals surface area contributed by atoms with Crippen LogP contribution in [0.5, 0.6) is 11.5 Å². The molecule has 0 heterocycles. The Morgan fingerprint density at radius 2 is 2.00 bits per heavy atom. The summed E-state index contributed by atoms with van der Waals surface area (Å²) in [5.74, 6) is -2.79. The average molecular weight is 255 g/mol. The van der Waals surface area contributed by atoms with Gasteiger partial charge >= 0.3 is 17.6 Å². The molecule has 0 aliphatic carbocycles. The van der Waals surface area contributed by atoms with Crippen molar-refractivity contribution in [3.8, 4) is 11.5 Å². The molecule has 1 N–H and O–H groups in total. The van der Waals surface area contributed by atoms with Crippen LogP contribution in [0.25, 0.3) is 0 Å². The van der Waals surface area contributed by atoms with E-state index in [2.05, 4.69) is 0 Å². The van der Waals surface area contributed by atoms with Crippen LogP contribution in [0.4, 0.5) is 5.69 Å². The van der Waals surface area contributed by atoms with Gasteiger partial charge in [0.15, 0.2) is 5.75 Å². The number of esters is 1. The zero-order valence-electron chi connectivity index (χ0n) is 9.50. The smallest absolute Gasteiger partial charge is 0.342 e. The second kappa shape index (κ2) is 5.13. The van der Waals surface area contributed by atoms with E-state index in [1.54, 1.807) is 0 Å². The van der Waals surface area contributed by atoms with Gasteiger partial charge in [0.1, 0.15) is 5.56 Å². The number of carboxylic acids is 1. The number of methoxy groups -OCH3 is 1. The number of nitro benzene ring substituents is 1. The van der Waals surface area contributed by atoms with Crippen LogP contribution < -0.4 is 9.47 Å². The van der Waals surface area contributed by atoms with E-state index in [0.29, 0.717) is 0 Å². The third-order valence-electron chi connectivity index (χ3n) is 1.97. The van der Waals surface area contributed by atoms with Crippen molar-refractivity contribution in [3.05, 3.63) is 27.8 Å². The monoisotopic (exact) mass is 255 g/mol. The van der Waals surface area contributed by atoms with E-state index in [1.165, 1.54) is 0 Å². The predicted molar refractivity (Wildman–Crippen MR) is 57.9 cm³/mol. The molecule has 0 unspecified atom stereocenters. The van der Waals surface area contributed by atoms with Gasteiger partial charge in [-0.25, -0.2) is 4.79 Å². The highest BCUT2D eigenvalue weighted by atomic mass is 16.6. The molecule has 0 saturated carbocycles. The SMILES string of the molecule is COc1c(OC(C)=O)ccc(C(=O)O)c1[N+](=O)[O-]. The van der Waals surface area contributed by atoms with Gasteiger partial charge in [0, 0.05) is 6.92 Å². The number of rotatable bonds is 4. The molecule has 0 aliphatic rings. The highest BCUT2D eigenvalue weighted by molar-refractivity contribution is 5.94. The number of aromatic carboxylic acids is 1. The summed E-state index contributed by atoms with van der Waals surface area (Å²) in [7, 11) is 1.11. The highest BCUT2D eigenvalue weighted by Crippen LogP contribution is 2.39. The second-order valence-corrected chi connectivity index (χ2v) is 3.15. The summed E-state index contributed by atoms with van der Waals surface area (Å²) in [5, 5.41) is 19.7. The van der Waals surface area contributed by atoms with Gasteiger partial charge in [-0.05, 0) is 12.1 Å². The minimum Gasteiger partial charge on any atom is -0.488 e. The Balaban J connectivity index is 3.52. The number of benzene rings is 1. The van der Waals surface area contributed by atoms with Crippen LogP contribution in [0.15, 0.2) is 12.1 Å². The summed E-state index contributed by atoms with van der Waals surface area (Å²) < 4.78 is 9.45. The zero-order chi connectivity index (χ0) is 13.9. The molecular weight excluding hydrogens is 246 g/mol. The number of nitrogens with zero attached hydrogens (tertiary/aromatic N) is 1. The number of hydrogen-bond acceptors (Lipinski definition) is 6. The Hall–Kier alpha value is -2.64. The van der Waals surface area contributed by atoms with Crippen molar-refractivity contribution in [2.45, 2.75) is 6.92 Å². The Morgan fingerprint density at radius 3 is 2.39 bits per heavy atom. The topological polar surface area (TPSA) is 116 Å². The fourth-order valence-electron chi connectivity index (χ4n) is 1.34. The van der Waals surface area contributed by atoms with Crippen LogP contribution >= 0.6 is 0 Å². The first-order valence-corrected chi connectivity index (χ1v) is 4.65. The Kier molecular flexibility index (Phi) is 3.82. The molecule has 0 aliphatic heterocycles. The van der Waals surface area contributed by atoms with Crippen molar-refractivity contribution in [2.24, 2.45) is 0 Å². The minimum atomic E-state index is -1.48. The molecule has 0 fully saturated rings. The highest BCUT2D eigenvalue weighted by Gasteiger charge is 2.29.